The molecule has 2 N–H and O–H groups in total. The highest BCUT2D eigenvalue weighted by Crippen LogP contribution is 2.44. The third-order valence-electron chi connectivity index (χ3n) is 9.65. The Morgan fingerprint density at radius 3 is 2.39 bits per heavy atom. The van der Waals surface area contributed by atoms with Crippen LogP contribution in [0.1, 0.15) is 78.1 Å². The van der Waals surface area contributed by atoms with Crippen LogP contribution in [0.3, 0.4) is 0 Å². The van der Waals surface area contributed by atoms with E-state index in [4.69, 9.17) is 4.42 Å². The number of amides is 1. The molecule has 3 aliphatic heterocycles. The van der Waals surface area contributed by atoms with Gasteiger partial charge >= 0.3 is 6.18 Å². The van der Waals surface area contributed by atoms with Crippen LogP contribution < -0.4 is 5.32 Å². The Kier molecular flexibility index (Phi) is 7.44. The number of nitrogens with one attached hydrogen (secondary N) is 1. The number of hydrogen-bond donors (Lipinski definition) is 2. The van der Waals surface area contributed by atoms with Gasteiger partial charge in [0.1, 0.15) is 6.54 Å². The molecule has 2 bridgehead atoms. The molecule has 218 valence electrons. The fourth-order valence-electron chi connectivity index (χ4n) is 7.40. The third kappa shape index (κ3) is 5.54. The van der Waals surface area contributed by atoms with Gasteiger partial charge in [0.15, 0.2) is 11.4 Å². The number of aliphatic hydroxyl groups is 1. The van der Waals surface area contributed by atoms with Crippen LogP contribution in [0.4, 0.5) is 13.2 Å². The fraction of sp³-hybridized carbons (Fsp3) is 0.500. The smallest absolute Gasteiger partial charge is 0.416 e. The molecule has 3 aromatic rings. The van der Waals surface area contributed by atoms with Crippen molar-refractivity contribution < 1.29 is 32.0 Å². The number of hydrogen-bond acceptors (Lipinski definition) is 4. The van der Waals surface area contributed by atoms with Crippen LogP contribution in [0.25, 0.3) is 0 Å². The van der Waals surface area contributed by atoms with E-state index in [1.54, 1.807) is 6.20 Å². The van der Waals surface area contributed by atoms with Crippen molar-refractivity contribution in [2.24, 2.45) is 11.8 Å². The quantitative estimate of drug-likeness (QED) is 0.341. The van der Waals surface area contributed by atoms with Gasteiger partial charge in [0, 0.05) is 24.3 Å². The minimum atomic E-state index is -4.50. The molecule has 1 unspecified atom stereocenters. The Labute approximate surface area is 238 Å². The number of halogens is 3. The normalized spacial score (nSPS) is 26.4. The molecule has 4 heterocycles. The van der Waals surface area contributed by atoms with E-state index in [2.05, 4.69) is 10.3 Å². The highest BCUT2D eigenvalue weighted by molar-refractivity contribution is 5.94. The molecule has 7 rings (SSSR count). The van der Waals surface area contributed by atoms with Crippen molar-refractivity contribution in [3.05, 3.63) is 89.1 Å². The van der Waals surface area contributed by atoms with Gasteiger partial charge in [0.2, 0.25) is 5.89 Å². The van der Waals surface area contributed by atoms with Gasteiger partial charge in [0.05, 0.1) is 37.4 Å². The maximum absolute atomic E-state index is 13.2. The molecule has 6 nitrogen and oxygen atoms in total. The van der Waals surface area contributed by atoms with Crippen molar-refractivity contribution in [2.45, 2.75) is 69.3 Å². The fourth-order valence-corrected chi connectivity index (χ4v) is 7.40. The first-order valence-electron chi connectivity index (χ1n) is 14.7. The molecule has 1 aromatic heterocycles. The molecule has 1 aliphatic carbocycles. The summed E-state index contributed by atoms with van der Waals surface area (Å²) in [6, 6.07) is 14.1. The number of alkyl halides is 3. The number of oxazole rings is 1. The summed E-state index contributed by atoms with van der Waals surface area (Å²) < 4.78 is 46.6. The van der Waals surface area contributed by atoms with Gasteiger partial charge < -0.3 is 19.3 Å². The molecule has 4 aliphatic rings. The summed E-state index contributed by atoms with van der Waals surface area (Å²) in [7, 11) is 0. The first kappa shape index (κ1) is 28.0. The highest BCUT2D eigenvalue weighted by Gasteiger charge is 2.48. The second kappa shape index (κ2) is 10.9. The van der Waals surface area contributed by atoms with Crippen LogP contribution in [0, 0.1) is 11.8 Å². The molecule has 9 heteroatoms. The van der Waals surface area contributed by atoms with Crippen LogP contribution in [0.2, 0.25) is 0 Å². The van der Waals surface area contributed by atoms with E-state index in [1.807, 2.05) is 30.3 Å². The topological polar surface area (TPSA) is 75.4 Å². The summed E-state index contributed by atoms with van der Waals surface area (Å²) in [5.74, 6) is 0.886. The lowest BCUT2D eigenvalue weighted by Gasteiger charge is -2.52. The summed E-state index contributed by atoms with van der Waals surface area (Å²) in [5, 5.41) is 15.2. The zero-order chi connectivity index (χ0) is 28.7. The number of nitrogens with zero attached hydrogens (tertiary/aromatic N) is 2. The van der Waals surface area contributed by atoms with Crippen molar-refractivity contribution in [3.8, 4) is 0 Å². The van der Waals surface area contributed by atoms with Crippen LogP contribution >= 0.6 is 0 Å². The van der Waals surface area contributed by atoms with Gasteiger partial charge in [-0.25, -0.2) is 4.98 Å². The molecule has 1 saturated carbocycles. The van der Waals surface area contributed by atoms with Gasteiger partial charge in [-0.2, -0.15) is 13.2 Å². The lowest BCUT2D eigenvalue weighted by Crippen LogP contribution is -2.66. The number of benzene rings is 2. The van der Waals surface area contributed by atoms with Gasteiger partial charge in [-0.1, -0.05) is 55.7 Å². The number of fused-ring (bicyclic) bond motifs is 3. The van der Waals surface area contributed by atoms with E-state index >= 15 is 0 Å². The molecule has 3 saturated heterocycles. The van der Waals surface area contributed by atoms with E-state index in [0.717, 1.165) is 69.3 Å². The molecular formula is C32H37F3N3O3+. The number of rotatable bonds is 7. The predicted octanol–water partition coefficient (Wildman–Crippen LogP) is 6.05. The van der Waals surface area contributed by atoms with Gasteiger partial charge in [-0.15, -0.1) is 0 Å². The second-order valence-electron chi connectivity index (χ2n) is 12.2. The van der Waals surface area contributed by atoms with Crippen LogP contribution in [-0.2, 0) is 18.3 Å². The Hall–Kier alpha value is -3.17. The molecule has 2 aromatic carbocycles. The maximum Gasteiger partial charge on any atom is 0.416 e. The Morgan fingerprint density at radius 1 is 0.976 bits per heavy atom. The molecule has 1 amide bonds. The lowest BCUT2D eigenvalue weighted by atomic mass is 9.73. The zero-order valence-corrected chi connectivity index (χ0v) is 23.1. The van der Waals surface area contributed by atoms with Crippen LogP contribution in [0.15, 0.2) is 65.2 Å². The molecule has 0 radical (unpaired) electrons. The molecular weight excluding hydrogens is 531 g/mol. The second-order valence-corrected chi connectivity index (χ2v) is 12.2. The highest BCUT2D eigenvalue weighted by atomic mass is 19.4. The first-order valence-corrected chi connectivity index (χ1v) is 14.7. The number of carbonyl (C=O) groups is 1. The number of piperidine rings is 3. The van der Waals surface area contributed by atoms with E-state index < -0.39 is 23.2 Å². The molecule has 4 fully saturated rings. The monoisotopic (exact) mass is 568 g/mol. The average molecular weight is 569 g/mol. The van der Waals surface area contributed by atoms with E-state index in [0.29, 0.717) is 35.1 Å². The minimum Gasteiger partial charge on any atom is -0.436 e. The number of carbonyl (C=O) groups excluding carboxylic acids is 1. The van der Waals surface area contributed by atoms with Crippen molar-refractivity contribution in [3.63, 3.8) is 0 Å². The number of aromatic nitrogens is 1. The molecule has 41 heavy (non-hydrogen) atoms. The van der Waals surface area contributed by atoms with E-state index in [9.17, 15) is 23.1 Å². The first-order chi connectivity index (χ1) is 19.7. The summed E-state index contributed by atoms with van der Waals surface area (Å²) in [5.41, 5.74) is -1.31. The van der Waals surface area contributed by atoms with Crippen molar-refractivity contribution in [2.75, 3.05) is 19.6 Å². The third-order valence-corrected chi connectivity index (χ3v) is 9.65. The van der Waals surface area contributed by atoms with Gasteiger partial charge in [-0.05, 0) is 42.5 Å². The zero-order valence-electron chi connectivity index (χ0n) is 23.1. The summed E-state index contributed by atoms with van der Waals surface area (Å²) >= 11 is 0. The predicted molar refractivity (Wildman–Crippen MR) is 147 cm³/mol. The standard InChI is InChI=1S/C32H36F3N3O3/c33-32(34,35)26-13-7-8-23(18-26)29(39)37-28-21-38(16-14-22(28)15-17-38)20-27-19-36-30(41-27)31(40,24-9-3-1-4-10-24)25-11-5-2-6-12-25/h1,3-4,7-10,13,18-19,22,25,28,40H,2,5-6,11-12,14-17,20-21H2/p+1/t22?,28?,31-,38?/m0/s1. The van der Waals surface area contributed by atoms with E-state index in [-0.39, 0.29) is 17.5 Å². The minimum absolute atomic E-state index is 0.0191. The van der Waals surface area contributed by atoms with E-state index in [1.165, 1.54) is 18.6 Å². The Balaban J connectivity index is 1.19. The SMILES string of the molecule is O=C(NC1C[N+]2(Cc3cnc([C@](O)(c4ccccc4)C4CCCCC4)o3)CCC1CC2)c1cccc(C(F)(F)F)c1. The molecule has 0 spiro atoms. The molecule has 2 atom stereocenters. The van der Waals surface area contributed by atoms with Crippen molar-refractivity contribution in [1.29, 1.82) is 0 Å². The maximum atomic E-state index is 13.2. The summed E-state index contributed by atoms with van der Waals surface area (Å²) in [4.78, 5) is 17.6. The Bertz CT molecular complexity index is 1360. The van der Waals surface area contributed by atoms with Crippen LogP contribution in [0.5, 0.6) is 0 Å². The van der Waals surface area contributed by atoms with Crippen LogP contribution in [-0.4, -0.2) is 46.2 Å². The summed E-state index contributed by atoms with van der Waals surface area (Å²) in [6.07, 6.45) is 4.22. The Morgan fingerprint density at radius 2 is 1.68 bits per heavy atom. The van der Waals surface area contributed by atoms with Gasteiger partial charge in [-0.3, -0.25) is 4.79 Å². The average Bonchev–Trinajstić information content (AvgIpc) is 3.46. The van der Waals surface area contributed by atoms with Gasteiger partial charge in [0.25, 0.3) is 5.91 Å². The largest absolute Gasteiger partial charge is 0.436 e. The summed E-state index contributed by atoms with van der Waals surface area (Å²) in [6.45, 7) is 3.13. The number of quaternary nitrogens is 1. The van der Waals surface area contributed by atoms with Crippen molar-refractivity contribution in [1.82, 2.24) is 10.3 Å². The lowest BCUT2D eigenvalue weighted by molar-refractivity contribution is -0.956. The van der Waals surface area contributed by atoms with Crippen molar-refractivity contribution >= 4 is 5.91 Å².